The second-order valence-electron chi connectivity index (χ2n) is 8.30. The number of aromatic nitrogens is 2. The standard InChI is InChI=1S/C26H34ClN3O2/c1-5-20(6-2)26(31)28-13-12-24-29-22-10-7-8-11-23(22)30(24)14-9-15-32-21-16-18(3)25(27)19(4)17-21/h7-8,10-11,16-17,20H,5-6,9,12-15H2,1-4H3,(H,28,31). The molecule has 172 valence electrons. The zero-order valence-electron chi connectivity index (χ0n) is 19.6. The monoisotopic (exact) mass is 455 g/mol. The number of rotatable bonds is 11. The topological polar surface area (TPSA) is 56.2 Å². The van der Waals surface area contributed by atoms with E-state index in [1.807, 2.05) is 44.2 Å². The number of amides is 1. The van der Waals surface area contributed by atoms with E-state index in [0.29, 0.717) is 19.6 Å². The first kappa shape index (κ1) is 24.1. The van der Waals surface area contributed by atoms with Gasteiger partial charge >= 0.3 is 0 Å². The molecule has 0 aliphatic carbocycles. The smallest absolute Gasteiger partial charge is 0.223 e. The molecule has 32 heavy (non-hydrogen) atoms. The van der Waals surface area contributed by atoms with Gasteiger partial charge in [-0.2, -0.15) is 0 Å². The van der Waals surface area contributed by atoms with E-state index in [0.717, 1.165) is 64.6 Å². The van der Waals surface area contributed by atoms with Crippen LogP contribution in [-0.4, -0.2) is 28.6 Å². The molecule has 3 aromatic rings. The lowest BCUT2D eigenvalue weighted by molar-refractivity contribution is -0.125. The molecule has 0 aliphatic heterocycles. The summed E-state index contributed by atoms with van der Waals surface area (Å²) in [7, 11) is 0. The molecule has 0 saturated carbocycles. The van der Waals surface area contributed by atoms with Gasteiger partial charge in [0.05, 0.1) is 17.6 Å². The third kappa shape index (κ3) is 5.83. The van der Waals surface area contributed by atoms with E-state index >= 15 is 0 Å². The summed E-state index contributed by atoms with van der Waals surface area (Å²) in [4.78, 5) is 17.1. The number of carbonyl (C=O) groups is 1. The number of imidazole rings is 1. The minimum Gasteiger partial charge on any atom is -0.494 e. The molecule has 1 aromatic heterocycles. The van der Waals surface area contributed by atoms with Gasteiger partial charge in [-0.15, -0.1) is 0 Å². The van der Waals surface area contributed by atoms with Gasteiger partial charge in [-0.3, -0.25) is 4.79 Å². The van der Waals surface area contributed by atoms with Crippen LogP contribution in [-0.2, 0) is 17.8 Å². The van der Waals surface area contributed by atoms with Crippen molar-refractivity contribution >= 4 is 28.5 Å². The molecule has 1 N–H and O–H groups in total. The highest BCUT2D eigenvalue weighted by Gasteiger charge is 2.15. The first-order valence-corrected chi connectivity index (χ1v) is 11.9. The van der Waals surface area contributed by atoms with Crippen molar-refractivity contribution < 1.29 is 9.53 Å². The number of aryl methyl sites for hydroxylation is 3. The van der Waals surface area contributed by atoms with Crippen molar-refractivity contribution in [1.29, 1.82) is 0 Å². The largest absolute Gasteiger partial charge is 0.494 e. The lowest BCUT2D eigenvalue weighted by atomic mass is 10.0. The van der Waals surface area contributed by atoms with Crippen LogP contribution in [0.5, 0.6) is 5.75 Å². The van der Waals surface area contributed by atoms with Crippen molar-refractivity contribution in [2.45, 2.75) is 59.9 Å². The minimum absolute atomic E-state index is 0.0890. The maximum Gasteiger partial charge on any atom is 0.223 e. The summed E-state index contributed by atoms with van der Waals surface area (Å²) in [5.74, 6) is 2.07. The van der Waals surface area contributed by atoms with Crippen molar-refractivity contribution in [3.05, 3.63) is 58.4 Å². The first-order valence-electron chi connectivity index (χ1n) is 11.6. The summed E-state index contributed by atoms with van der Waals surface area (Å²) in [5.41, 5.74) is 4.16. The number of ether oxygens (including phenoxy) is 1. The molecular formula is C26H34ClN3O2. The Kier molecular flexibility index (Phi) is 8.57. The third-order valence-electron chi connectivity index (χ3n) is 5.94. The van der Waals surface area contributed by atoms with Gasteiger partial charge in [-0.05, 0) is 68.5 Å². The van der Waals surface area contributed by atoms with Gasteiger partial charge in [-0.25, -0.2) is 4.98 Å². The maximum atomic E-state index is 12.3. The molecule has 0 fully saturated rings. The summed E-state index contributed by atoms with van der Waals surface area (Å²) in [5, 5.41) is 3.88. The number of fused-ring (bicyclic) bond motifs is 1. The van der Waals surface area contributed by atoms with Gasteiger partial charge < -0.3 is 14.6 Å². The summed E-state index contributed by atoms with van der Waals surface area (Å²) in [6.07, 6.45) is 3.30. The number of halogens is 1. The van der Waals surface area contributed by atoms with Crippen LogP contribution in [0.25, 0.3) is 11.0 Å². The van der Waals surface area contributed by atoms with E-state index in [-0.39, 0.29) is 11.8 Å². The molecule has 5 nitrogen and oxygen atoms in total. The van der Waals surface area contributed by atoms with Crippen molar-refractivity contribution in [2.24, 2.45) is 5.92 Å². The fraction of sp³-hybridized carbons (Fsp3) is 0.462. The van der Waals surface area contributed by atoms with Gasteiger partial charge in [0.15, 0.2) is 0 Å². The summed E-state index contributed by atoms with van der Waals surface area (Å²) in [6.45, 7) is 10.1. The van der Waals surface area contributed by atoms with Crippen LogP contribution < -0.4 is 10.1 Å². The van der Waals surface area contributed by atoms with Gasteiger partial charge in [0.2, 0.25) is 5.91 Å². The fourth-order valence-electron chi connectivity index (χ4n) is 4.07. The second-order valence-corrected chi connectivity index (χ2v) is 8.67. The maximum absolute atomic E-state index is 12.3. The van der Waals surface area contributed by atoms with E-state index in [1.54, 1.807) is 0 Å². The average Bonchev–Trinajstić information content (AvgIpc) is 3.13. The first-order chi connectivity index (χ1) is 15.4. The average molecular weight is 456 g/mol. The summed E-state index contributed by atoms with van der Waals surface area (Å²) < 4.78 is 8.24. The SMILES string of the molecule is CCC(CC)C(=O)NCCc1nc2ccccc2n1CCCOc1cc(C)c(Cl)c(C)c1. The Morgan fingerprint density at radius 3 is 2.53 bits per heavy atom. The van der Waals surface area contributed by atoms with Crippen LogP contribution in [0, 0.1) is 19.8 Å². The number of nitrogens with one attached hydrogen (secondary N) is 1. The predicted octanol–water partition coefficient (Wildman–Crippen LogP) is 5.87. The normalized spacial score (nSPS) is 11.3. The molecule has 0 saturated heterocycles. The number of hydrogen-bond donors (Lipinski definition) is 1. The number of para-hydroxylation sites is 2. The quantitative estimate of drug-likeness (QED) is 0.368. The molecule has 0 atom stereocenters. The minimum atomic E-state index is 0.0890. The summed E-state index contributed by atoms with van der Waals surface area (Å²) >= 11 is 6.25. The zero-order chi connectivity index (χ0) is 23.1. The van der Waals surface area contributed by atoms with Gasteiger partial charge in [0.1, 0.15) is 11.6 Å². The fourth-order valence-corrected chi connectivity index (χ4v) is 4.18. The molecule has 0 unspecified atom stereocenters. The van der Waals surface area contributed by atoms with Crippen molar-refractivity contribution in [3.8, 4) is 5.75 Å². The lowest BCUT2D eigenvalue weighted by Crippen LogP contribution is -2.32. The van der Waals surface area contributed by atoms with E-state index in [1.165, 1.54) is 0 Å². The molecule has 0 bridgehead atoms. The second kappa shape index (κ2) is 11.4. The van der Waals surface area contributed by atoms with Gasteiger partial charge in [-0.1, -0.05) is 37.6 Å². The van der Waals surface area contributed by atoms with E-state index in [4.69, 9.17) is 21.3 Å². The molecule has 2 aromatic carbocycles. The van der Waals surface area contributed by atoms with Crippen LogP contribution in [0.2, 0.25) is 5.02 Å². The number of benzene rings is 2. The Bertz CT molecular complexity index is 1030. The highest BCUT2D eigenvalue weighted by atomic mass is 35.5. The van der Waals surface area contributed by atoms with Crippen molar-refractivity contribution in [1.82, 2.24) is 14.9 Å². The highest BCUT2D eigenvalue weighted by Crippen LogP contribution is 2.26. The van der Waals surface area contributed by atoms with Gasteiger partial charge in [0, 0.05) is 30.5 Å². The Labute approximate surface area is 196 Å². The Balaban J connectivity index is 1.62. The van der Waals surface area contributed by atoms with E-state index in [2.05, 4.69) is 29.8 Å². The van der Waals surface area contributed by atoms with Crippen LogP contribution in [0.3, 0.4) is 0 Å². The molecule has 1 heterocycles. The Morgan fingerprint density at radius 2 is 1.84 bits per heavy atom. The van der Waals surface area contributed by atoms with Crippen molar-refractivity contribution in [3.63, 3.8) is 0 Å². The molecule has 0 radical (unpaired) electrons. The predicted molar refractivity (Wildman–Crippen MR) is 132 cm³/mol. The van der Waals surface area contributed by atoms with Crippen LogP contribution in [0.4, 0.5) is 0 Å². The van der Waals surface area contributed by atoms with E-state index in [9.17, 15) is 4.79 Å². The molecule has 3 rings (SSSR count). The molecular weight excluding hydrogens is 422 g/mol. The van der Waals surface area contributed by atoms with Gasteiger partial charge in [0.25, 0.3) is 0 Å². The molecule has 6 heteroatoms. The summed E-state index contributed by atoms with van der Waals surface area (Å²) in [6, 6.07) is 12.1. The molecule has 0 aliphatic rings. The molecule has 1 amide bonds. The number of hydrogen-bond acceptors (Lipinski definition) is 3. The van der Waals surface area contributed by atoms with Crippen LogP contribution >= 0.6 is 11.6 Å². The Morgan fingerprint density at radius 1 is 1.16 bits per heavy atom. The van der Waals surface area contributed by atoms with Crippen LogP contribution in [0.15, 0.2) is 36.4 Å². The highest BCUT2D eigenvalue weighted by molar-refractivity contribution is 6.32. The zero-order valence-corrected chi connectivity index (χ0v) is 20.3. The third-order valence-corrected chi connectivity index (χ3v) is 6.54. The Hall–Kier alpha value is -2.53. The van der Waals surface area contributed by atoms with Crippen LogP contribution in [0.1, 0.15) is 50.1 Å². The van der Waals surface area contributed by atoms with Crippen molar-refractivity contribution in [2.75, 3.05) is 13.2 Å². The number of carbonyl (C=O) groups excluding carboxylic acids is 1. The number of nitrogens with zero attached hydrogens (tertiary/aromatic N) is 2. The molecule has 0 spiro atoms. The van der Waals surface area contributed by atoms with E-state index < -0.39 is 0 Å². The lowest BCUT2D eigenvalue weighted by Gasteiger charge is -2.14.